The van der Waals surface area contributed by atoms with E-state index < -0.39 is 0 Å². The molecule has 0 spiro atoms. The predicted octanol–water partition coefficient (Wildman–Crippen LogP) is 3.88. The van der Waals surface area contributed by atoms with E-state index in [-0.39, 0.29) is 5.91 Å². The summed E-state index contributed by atoms with van der Waals surface area (Å²) in [5, 5.41) is 3.63. The van der Waals surface area contributed by atoms with Gasteiger partial charge < -0.3 is 10.2 Å². The van der Waals surface area contributed by atoms with Gasteiger partial charge in [-0.25, -0.2) is 9.97 Å². The van der Waals surface area contributed by atoms with Crippen molar-refractivity contribution in [3.63, 3.8) is 0 Å². The number of aryl methyl sites for hydroxylation is 1. The normalized spacial score (nSPS) is 13.0. The highest BCUT2D eigenvalue weighted by Gasteiger charge is 2.17. The number of amides is 1. The Morgan fingerprint density at radius 3 is 2.70 bits per heavy atom. The molecule has 6 heteroatoms. The fraction of sp³-hybridized carbons (Fsp3) is 0.292. The van der Waals surface area contributed by atoms with Gasteiger partial charge in [0.2, 0.25) is 5.91 Å². The van der Waals surface area contributed by atoms with Crippen molar-refractivity contribution >= 4 is 23.5 Å². The molecule has 1 aliphatic heterocycles. The van der Waals surface area contributed by atoms with Crippen LogP contribution in [0.25, 0.3) is 0 Å². The maximum atomic E-state index is 12.2. The Kier molecular flexibility index (Phi) is 6.98. The van der Waals surface area contributed by atoms with E-state index in [4.69, 9.17) is 0 Å². The number of aromatic nitrogens is 2. The zero-order valence-corrected chi connectivity index (χ0v) is 17.8. The minimum atomic E-state index is 0.0222. The summed E-state index contributed by atoms with van der Waals surface area (Å²) >= 11 is 1.39. The van der Waals surface area contributed by atoms with Crippen LogP contribution in [0.5, 0.6) is 0 Å². The summed E-state index contributed by atoms with van der Waals surface area (Å²) in [4.78, 5) is 23.4. The first-order chi connectivity index (χ1) is 14.8. The van der Waals surface area contributed by atoms with E-state index in [0.717, 1.165) is 38.2 Å². The first-order valence-corrected chi connectivity index (χ1v) is 11.3. The number of fused-ring (bicyclic) bond motifs is 1. The van der Waals surface area contributed by atoms with Gasteiger partial charge in [0, 0.05) is 25.8 Å². The Bertz CT molecular complexity index is 980. The minimum Gasteiger partial charge on any atom is -0.355 e. The predicted molar refractivity (Wildman–Crippen MR) is 122 cm³/mol. The highest BCUT2D eigenvalue weighted by molar-refractivity contribution is 7.99. The number of carbonyl (C=O) groups excluding carboxylic acids is 1. The number of nitrogens with one attached hydrogen (secondary N) is 1. The molecule has 0 aliphatic carbocycles. The van der Waals surface area contributed by atoms with Crippen LogP contribution in [0.15, 0.2) is 72.0 Å². The van der Waals surface area contributed by atoms with Gasteiger partial charge in [-0.1, -0.05) is 66.4 Å². The summed E-state index contributed by atoms with van der Waals surface area (Å²) in [5.74, 6) is 1.27. The second-order valence-corrected chi connectivity index (χ2v) is 8.31. The van der Waals surface area contributed by atoms with Crippen molar-refractivity contribution in [2.45, 2.75) is 31.0 Å². The molecule has 1 N–H and O–H groups in total. The average molecular weight is 419 g/mol. The van der Waals surface area contributed by atoms with Crippen LogP contribution >= 0.6 is 11.8 Å². The molecule has 2 heterocycles. The van der Waals surface area contributed by atoms with Crippen LogP contribution in [-0.4, -0.2) is 34.7 Å². The minimum absolute atomic E-state index is 0.0222. The molecule has 0 saturated carbocycles. The zero-order valence-electron chi connectivity index (χ0n) is 17.0. The largest absolute Gasteiger partial charge is 0.355 e. The van der Waals surface area contributed by atoms with Gasteiger partial charge in [-0.05, 0) is 42.0 Å². The number of carbonyl (C=O) groups is 1. The van der Waals surface area contributed by atoms with Crippen molar-refractivity contribution in [1.82, 2.24) is 15.3 Å². The summed E-state index contributed by atoms with van der Waals surface area (Å²) in [7, 11) is 0. The molecule has 0 saturated heterocycles. The smallest absolute Gasteiger partial charge is 0.230 e. The Morgan fingerprint density at radius 2 is 1.83 bits per heavy atom. The van der Waals surface area contributed by atoms with Gasteiger partial charge in [0.1, 0.15) is 5.82 Å². The van der Waals surface area contributed by atoms with Crippen LogP contribution in [0.4, 0.5) is 5.82 Å². The molecule has 154 valence electrons. The third-order valence-electron chi connectivity index (χ3n) is 5.21. The summed E-state index contributed by atoms with van der Waals surface area (Å²) in [5.41, 5.74) is 4.07. The first kappa shape index (κ1) is 20.4. The number of rotatable bonds is 8. The number of hydrogen-bond donors (Lipinski definition) is 1. The topological polar surface area (TPSA) is 58.1 Å². The number of hydrogen-bond acceptors (Lipinski definition) is 5. The van der Waals surface area contributed by atoms with Crippen LogP contribution in [0, 0.1) is 0 Å². The second kappa shape index (κ2) is 10.3. The van der Waals surface area contributed by atoms with Gasteiger partial charge in [0.05, 0.1) is 5.75 Å². The van der Waals surface area contributed by atoms with Crippen LogP contribution < -0.4 is 10.2 Å². The first-order valence-electron chi connectivity index (χ1n) is 10.4. The number of thioether (sulfide) groups is 1. The molecule has 0 unspecified atom stereocenters. The van der Waals surface area contributed by atoms with E-state index >= 15 is 0 Å². The fourth-order valence-electron chi connectivity index (χ4n) is 3.61. The highest BCUT2D eigenvalue weighted by atomic mass is 32.2. The molecule has 0 atom stereocenters. The molecule has 30 heavy (non-hydrogen) atoms. The molecule has 4 rings (SSSR count). The van der Waals surface area contributed by atoms with Gasteiger partial charge in [0.25, 0.3) is 0 Å². The van der Waals surface area contributed by atoms with Gasteiger partial charge >= 0.3 is 0 Å². The quantitative estimate of drug-likeness (QED) is 0.342. The standard InChI is InChI=1S/C24H26N4OS/c29-23(25-14-6-9-19-7-2-1-3-8-19)18-30-24-26-15-12-22(27-24)28-16-13-20-10-4-5-11-21(20)17-28/h1-5,7-8,10-12,15H,6,9,13-14,16-18H2,(H,25,29). The average Bonchev–Trinajstić information content (AvgIpc) is 2.81. The van der Waals surface area contributed by atoms with Crippen molar-refractivity contribution in [3.8, 4) is 0 Å². The Labute approximate surface area is 181 Å². The molecular weight excluding hydrogens is 392 g/mol. The Balaban J connectivity index is 1.23. The number of anilines is 1. The van der Waals surface area contributed by atoms with E-state index in [9.17, 15) is 4.79 Å². The maximum absolute atomic E-state index is 12.2. The molecule has 0 bridgehead atoms. The van der Waals surface area contributed by atoms with Crippen LogP contribution in [0.3, 0.4) is 0 Å². The molecule has 0 radical (unpaired) electrons. The summed E-state index contributed by atoms with van der Waals surface area (Å²) < 4.78 is 0. The molecule has 3 aromatic rings. The molecule has 1 aromatic heterocycles. The molecule has 2 aromatic carbocycles. The van der Waals surface area contributed by atoms with E-state index in [0.29, 0.717) is 17.5 Å². The van der Waals surface area contributed by atoms with Crippen molar-refractivity contribution < 1.29 is 4.79 Å². The molecule has 1 amide bonds. The van der Waals surface area contributed by atoms with E-state index in [1.54, 1.807) is 6.20 Å². The third-order valence-corrected chi connectivity index (χ3v) is 6.07. The maximum Gasteiger partial charge on any atom is 0.230 e. The number of benzene rings is 2. The summed E-state index contributed by atoms with van der Waals surface area (Å²) in [6, 6.07) is 20.8. The van der Waals surface area contributed by atoms with E-state index in [1.807, 2.05) is 24.3 Å². The molecule has 0 fully saturated rings. The van der Waals surface area contributed by atoms with Crippen molar-refractivity contribution in [2.75, 3.05) is 23.7 Å². The van der Waals surface area contributed by atoms with Crippen LogP contribution in [0.2, 0.25) is 0 Å². The van der Waals surface area contributed by atoms with Crippen molar-refractivity contribution in [3.05, 3.63) is 83.6 Å². The van der Waals surface area contributed by atoms with Gasteiger partial charge in [-0.3, -0.25) is 4.79 Å². The van der Waals surface area contributed by atoms with E-state index in [2.05, 4.69) is 56.6 Å². The lowest BCUT2D eigenvalue weighted by Crippen LogP contribution is -2.31. The van der Waals surface area contributed by atoms with Gasteiger partial charge in [-0.15, -0.1) is 0 Å². The Hall–Kier alpha value is -2.86. The zero-order chi connectivity index (χ0) is 20.6. The second-order valence-electron chi connectivity index (χ2n) is 7.37. The van der Waals surface area contributed by atoms with Gasteiger partial charge in [0.15, 0.2) is 5.16 Å². The molecule has 5 nitrogen and oxygen atoms in total. The third kappa shape index (κ3) is 5.60. The summed E-state index contributed by atoms with van der Waals surface area (Å²) in [6.07, 6.45) is 4.71. The van der Waals surface area contributed by atoms with E-state index in [1.165, 1.54) is 28.5 Å². The van der Waals surface area contributed by atoms with Crippen LogP contribution in [0.1, 0.15) is 23.1 Å². The monoisotopic (exact) mass is 418 g/mol. The molecular formula is C24H26N4OS. The SMILES string of the molecule is O=C(CSc1nccc(N2CCc3ccccc3C2)n1)NCCCc1ccccc1. The highest BCUT2D eigenvalue weighted by Crippen LogP contribution is 2.24. The van der Waals surface area contributed by atoms with Gasteiger partial charge in [-0.2, -0.15) is 0 Å². The Morgan fingerprint density at radius 1 is 1.03 bits per heavy atom. The van der Waals surface area contributed by atoms with Crippen LogP contribution in [-0.2, 0) is 24.2 Å². The lowest BCUT2D eigenvalue weighted by molar-refractivity contribution is -0.118. The molecule has 1 aliphatic rings. The lowest BCUT2D eigenvalue weighted by atomic mass is 10.00. The summed E-state index contributed by atoms with van der Waals surface area (Å²) in [6.45, 7) is 2.49. The van der Waals surface area contributed by atoms with Crippen molar-refractivity contribution in [1.29, 1.82) is 0 Å². The lowest BCUT2D eigenvalue weighted by Gasteiger charge is -2.29. The van der Waals surface area contributed by atoms with Crippen molar-refractivity contribution in [2.24, 2.45) is 0 Å². The number of nitrogens with zero attached hydrogens (tertiary/aromatic N) is 3. The fourth-order valence-corrected chi connectivity index (χ4v) is 4.27.